The minimum atomic E-state index is -6.48. The van der Waals surface area contributed by atoms with Crippen molar-refractivity contribution in [3.63, 3.8) is 0 Å². The highest BCUT2D eigenvalue weighted by Crippen LogP contribution is 2.59. The highest BCUT2D eigenvalue weighted by Gasteiger charge is 2.68. The highest BCUT2D eigenvalue weighted by molar-refractivity contribution is 7.86. The number of carbonyl (C=O) groups is 2. The summed E-state index contributed by atoms with van der Waals surface area (Å²) in [5.41, 5.74) is -1.51. The van der Waals surface area contributed by atoms with Crippen LogP contribution in [0.15, 0.2) is 0 Å². The van der Waals surface area contributed by atoms with Crippen molar-refractivity contribution in [3.8, 4) is 0 Å². The fourth-order valence-corrected chi connectivity index (χ4v) is 5.14. The number of esters is 1. The first-order chi connectivity index (χ1) is 11.7. The van der Waals surface area contributed by atoms with Crippen molar-refractivity contribution in [2.24, 2.45) is 23.2 Å². The second kappa shape index (κ2) is 5.60. The Hall–Kier alpha value is -1.30. The van der Waals surface area contributed by atoms with Crippen LogP contribution in [0.4, 0.5) is 22.0 Å². The van der Waals surface area contributed by atoms with E-state index in [-0.39, 0.29) is 31.0 Å². The molecule has 0 saturated heterocycles. The van der Waals surface area contributed by atoms with Crippen molar-refractivity contribution in [1.29, 1.82) is 0 Å². The molecule has 0 amide bonds. The van der Waals surface area contributed by atoms with Crippen molar-refractivity contribution < 1.29 is 49.2 Å². The van der Waals surface area contributed by atoms with Gasteiger partial charge in [-0.1, -0.05) is 0 Å². The summed E-state index contributed by atoms with van der Waals surface area (Å²) < 4.78 is 99.8. The van der Waals surface area contributed by atoms with Crippen LogP contribution < -0.4 is 0 Å². The molecule has 26 heavy (non-hydrogen) atoms. The Kier molecular flexibility index (Phi) is 4.19. The highest BCUT2D eigenvalue weighted by atomic mass is 32.2. The summed E-state index contributed by atoms with van der Waals surface area (Å²) in [4.78, 5) is 24.4. The smallest absolute Gasteiger partial charge is 0.432 e. The van der Waals surface area contributed by atoms with Crippen LogP contribution >= 0.6 is 0 Å². The lowest BCUT2D eigenvalue weighted by atomic mass is 9.49. The zero-order chi connectivity index (χ0) is 19.7. The van der Waals surface area contributed by atoms with Gasteiger partial charge in [0.1, 0.15) is 5.78 Å². The van der Waals surface area contributed by atoms with Gasteiger partial charge in [0.05, 0.1) is 5.41 Å². The van der Waals surface area contributed by atoms with Crippen LogP contribution in [0.3, 0.4) is 0 Å². The summed E-state index contributed by atoms with van der Waals surface area (Å²) in [6.45, 7) is 0. The molecule has 0 aliphatic heterocycles. The van der Waals surface area contributed by atoms with E-state index in [2.05, 4.69) is 4.74 Å². The third-order valence-electron chi connectivity index (χ3n) is 5.60. The molecule has 1 N–H and O–H groups in total. The molecule has 4 bridgehead atoms. The maximum absolute atomic E-state index is 13.6. The number of Topliss-reactive ketones (excluding diaryl/α,β-unsaturated/α-hetero) is 1. The molecule has 4 saturated carbocycles. The van der Waals surface area contributed by atoms with E-state index < -0.39 is 50.9 Å². The molecule has 148 valence electrons. The SMILES string of the molecule is O=C1C2CC3C[C@H]1CC(C(=O)OC(C(F)(F)F)C(F)(F)S(=O)(=O)O)(C3)C2. The quantitative estimate of drug-likeness (QED) is 0.437. The Morgan fingerprint density at radius 3 is 2.04 bits per heavy atom. The van der Waals surface area contributed by atoms with Gasteiger partial charge >= 0.3 is 27.5 Å². The van der Waals surface area contributed by atoms with Crippen molar-refractivity contribution in [1.82, 2.24) is 0 Å². The number of rotatable bonds is 4. The number of halogens is 5. The molecule has 4 fully saturated rings. The third-order valence-corrected chi connectivity index (χ3v) is 6.50. The number of hydrogen-bond donors (Lipinski definition) is 1. The summed E-state index contributed by atoms with van der Waals surface area (Å²) in [7, 11) is -6.48. The Morgan fingerprint density at radius 2 is 1.62 bits per heavy atom. The number of hydrogen-bond acceptors (Lipinski definition) is 5. The number of ketones is 1. The Labute approximate surface area is 144 Å². The monoisotopic (exact) mass is 406 g/mol. The molecule has 12 heteroatoms. The van der Waals surface area contributed by atoms with Gasteiger partial charge in [0.15, 0.2) is 0 Å². The summed E-state index contributed by atoms with van der Waals surface area (Å²) in [5.74, 6) is -2.83. The molecule has 0 radical (unpaired) electrons. The topological polar surface area (TPSA) is 97.7 Å². The van der Waals surface area contributed by atoms with Gasteiger partial charge in [-0.2, -0.15) is 30.4 Å². The molecule has 5 atom stereocenters. The summed E-state index contributed by atoms with van der Waals surface area (Å²) in [6, 6.07) is 0. The van der Waals surface area contributed by atoms with Crippen molar-refractivity contribution in [2.45, 2.75) is 49.6 Å². The lowest BCUT2D eigenvalue weighted by Crippen LogP contribution is -2.58. The summed E-state index contributed by atoms with van der Waals surface area (Å²) in [6.07, 6.45) is -9.36. The van der Waals surface area contributed by atoms with Gasteiger partial charge in [-0.15, -0.1) is 0 Å². The van der Waals surface area contributed by atoms with Crippen LogP contribution in [-0.4, -0.2) is 42.3 Å². The maximum Gasteiger partial charge on any atom is 0.432 e. The van der Waals surface area contributed by atoms with Gasteiger partial charge in [0, 0.05) is 11.8 Å². The lowest BCUT2D eigenvalue weighted by Gasteiger charge is -2.54. The van der Waals surface area contributed by atoms with Gasteiger partial charge in [-0.25, -0.2) is 0 Å². The molecule has 4 aliphatic rings. The zero-order valence-electron chi connectivity index (χ0n) is 13.1. The van der Waals surface area contributed by atoms with Crippen LogP contribution in [0.25, 0.3) is 0 Å². The molecule has 6 nitrogen and oxygen atoms in total. The molecule has 0 aromatic rings. The van der Waals surface area contributed by atoms with Gasteiger partial charge in [-0.3, -0.25) is 14.1 Å². The predicted octanol–water partition coefficient (Wildman–Crippen LogP) is 2.34. The molecule has 4 rings (SSSR count). The first-order valence-corrected chi connectivity index (χ1v) is 9.28. The summed E-state index contributed by atoms with van der Waals surface area (Å²) in [5, 5.41) is -5.75. The van der Waals surface area contributed by atoms with E-state index in [1.165, 1.54) is 0 Å². The number of ether oxygens (including phenoxy) is 1. The maximum atomic E-state index is 13.6. The van der Waals surface area contributed by atoms with Crippen LogP contribution in [0.2, 0.25) is 0 Å². The van der Waals surface area contributed by atoms with E-state index >= 15 is 0 Å². The lowest BCUT2D eigenvalue weighted by molar-refractivity contribution is -0.265. The van der Waals surface area contributed by atoms with E-state index in [0.717, 1.165) is 0 Å². The first kappa shape index (κ1) is 19.5. The standard InChI is InChI=1S/C14H15F5O6S/c15-13(16,17)10(14(18,19)26(22,23)24)25-11(21)12-3-6-1-7(4-12)9(20)8(2-6)5-12/h6-8,10H,1-5H2,(H,22,23,24)/t6?,7-,8?,10?,12?/m0/s1. The second-order valence-corrected chi connectivity index (χ2v) is 8.88. The molecular weight excluding hydrogens is 391 g/mol. The third kappa shape index (κ3) is 2.90. The van der Waals surface area contributed by atoms with Gasteiger partial charge < -0.3 is 4.74 Å². The molecule has 0 spiro atoms. The zero-order valence-corrected chi connectivity index (χ0v) is 13.9. The van der Waals surface area contributed by atoms with E-state index in [0.29, 0.717) is 12.8 Å². The number of carbonyl (C=O) groups excluding carboxylic acids is 2. The van der Waals surface area contributed by atoms with Crippen LogP contribution in [-0.2, 0) is 24.4 Å². The average molecular weight is 406 g/mol. The average Bonchev–Trinajstić information content (AvgIpc) is 2.46. The van der Waals surface area contributed by atoms with E-state index in [1.807, 2.05) is 0 Å². The van der Waals surface area contributed by atoms with Crippen LogP contribution in [0.1, 0.15) is 32.1 Å². The molecule has 4 aliphatic carbocycles. The molecule has 4 unspecified atom stereocenters. The Morgan fingerprint density at radius 1 is 1.12 bits per heavy atom. The van der Waals surface area contributed by atoms with E-state index in [1.54, 1.807) is 0 Å². The first-order valence-electron chi connectivity index (χ1n) is 7.84. The summed E-state index contributed by atoms with van der Waals surface area (Å²) >= 11 is 0. The van der Waals surface area contributed by atoms with Crippen molar-refractivity contribution in [2.75, 3.05) is 0 Å². The van der Waals surface area contributed by atoms with Gasteiger partial charge in [0.2, 0.25) is 0 Å². The molecule has 0 heterocycles. The van der Waals surface area contributed by atoms with Crippen LogP contribution in [0, 0.1) is 23.2 Å². The minimum Gasteiger partial charge on any atom is -0.444 e. The Bertz CT molecular complexity index is 727. The molecular formula is C14H15F5O6S. The van der Waals surface area contributed by atoms with Gasteiger partial charge in [-0.05, 0) is 38.0 Å². The number of alkyl halides is 5. The fourth-order valence-electron chi connectivity index (χ4n) is 4.69. The van der Waals surface area contributed by atoms with Crippen molar-refractivity contribution >= 4 is 21.9 Å². The Balaban J connectivity index is 1.89. The minimum absolute atomic E-state index is 0.0833. The van der Waals surface area contributed by atoms with Gasteiger partial charge in [0.25, 0.3) is 6.10 Å². The van der Waals surface area contributed by atoms with Crippen molar-refractivity contribution in [3.05, 3.63) is 0 Å². The normalized spacial score (nSPS) is 35.5. The molecule has 0 aromatic heterocycles. The van der Waals surface area contributed by atoms with E-state index in [4.69, 9.17) is 4.55 Å². The van der Waals surface area contributed by atoms with Crippen LogP contribution in [0.5, 0.6) is 0 Å². The predicted molar refractivity (Wildman–Crippen MR) is 73.4 cm³/mol. The van der Waals surface area contributed by atoms with E-state index in [9.17, 15) is 40.0 Å². The fraction of sp³-hybridized carbons (Fsp3) is 0.857. The second-order valence-electron chi connectivity index (χ2n) is 7.39. The molecule has 0 aromatic carbocycles. The largest absolute Gasteiger partial charge is 0.444 e.